The summed E-state index contributed by atoms with van der Waals surface area (Å²) in [6, 6.07) is 14.8. The van der Waals surface area contributed by atoms with Gasteiger partial charge in [0.25, 0.3) is 5.91 Å². The molecule has 1 aromatic heterocycles. The van der Waals surface area contributed by atoms with Crippen molar-refractivity contribution in [1.29, 1.82) is 0 Å². The number of fused-ring (bicyclic) bond motifs is 1. The normalized spacial score (nSPS) is 15.0. The number of carbonyl (C=O) groups is 1. The van der Waals surface area contributed by atoms with E-state index in [1.54, 1.807) is 23.5 Å². The summed E-state index contributed by atoms with van der Waals surface area (Å²) in [5.74, 6) is -0.0430. The molecule has 0 bridgehead atoms. The maximum atomic E-state index is 12.8. The molecular weight excluding hydrogens is 440 g/mol. The van der Waals surface area contributed by atoms with E-state index in [1.165, 1.54) is 11.9 Å². The van der Waals surface area contributed by atoms with Gasteiger partial charge in [-0.3, -0.25) is 9.52 Å². The lowest BCUT2D eigenvalue weighted by Gasteiger charge is -2.22. The number of nitrogens with one attached hydrogen (secondary N) is 3. The topological polar surface area (TPSA) is 76.6 Å². The van der Waals surface area contributed by atoms with Crippen LogP contribution < -0.4 is 20.3 Å². The van der Waals surface area contributed by atoms with Crippen molar-refractivity contribution in [2.75, 3.05) is 30.4 Å². The predicted octanol–water partition coefficient (Wildman–Crippen LogP) is 4.69. The van der Waals surface area contributed by atoms with E-state index >= 15 is 0 Å². The van der Waals surface area contributed by atoms with Gasteiger partial charge in [0.2, 0.25) is 0 Å². The van der Waals surface area contributed by atoms with Crippen molar-refractivity contribution in [2.45, 2.75) is 11.1 Å². The Morgan fingerprint density at radius 2 is 2.03 bits per heavy atom. The molecule has 2 heterocycles. The van der Waals surface area contributed by atoms with Gasteiger partial charge < -0.3 is 20.6 Å². The van der Waals surface area contributed by atoms with Crippen molar-refractivity contribution in [3.05, 3.63) is 69.4 Å². The number of hydrogen-bond acceptors (Lipinski definition) is 7. The zero-order chi connectivity index (χ0) is 21.1. The van der Waals surface area contributed by atoms with Gasteiger partial charge in [-0.1, -0.05) is 17.7 Å². The number of benzene rings is 2. The molecule has 1 aliphatic heterocycles. The molecule has 0 radical (unpaired) electrons. The van der Waals surface area contributed by atoms with Gasteiger partial charge in [0, 0.05) is 34.9 Å². The van der Waals surface area contributed by atoms with E-state index in [4.69, 9.17) is 11.6 Å². The van der Waals surface area contributed by atoms with Gasteiger partial charge in [-0.05, 0) is 59.8 Å². The number of hydrogen-bond donors (Lipinski definition) is 4. The van der Waals surface area contributed by atoms with E-state index in [9.17, 15) is 9.90 Å². The fourth-order valence-electron chi connectivity index (χ4n) is 3.30. The number of phenols is 1. The second-order valence-corrected chi connectivity index (χ2v) is 9.12. The van der Waals surface area contributed by atoms with Crippen LogP contribution in [0.2, 0.25) is 5.02 Å². The summed E-state index contributed by atoms with van der Waals surface area (Å²) in [7, 11) is 1.92. The Kier molecular flexibility index (Phi) is 6.38. The monoisotopic (exact) mass is 460 g/mol. The molecule has 0 saturated heterocycles. The van der Waals surface area contributed by atoms with Crippen molar-refractivity contribution in [3.8, 4) is 5.75 Å². The fraction of sp³-hybridized carbons (Fsp3) is 0.190. The van der Waals surface area contributed by atoms with Crippen LogP contribution in [0.25, 0.3) is 0 Å². The van der Waals surface area contributed by atoms with E-state index in [-0.39, 0.29) is 17.8 Å². The summed E-state index contributed by atoms with van der Waals surface area (Å²) in [6.45, 7) is 1.08. The fourth-order valence-corrected chi connectivity index (χ4v) is 4.89. The molecule has 2 aromatic carbocycles. The third kappa shape index (κ3) is 4.37. The third-order valence-corrected chi connectivity index (χ3v) is 6.78. The van der Waals surface area contributed by atoms with Crippen LogP contribution in [0.1, 0.15) is 21.4 Å². The molecule has 0 saturated carbocycles. The molecule has 6 nitrogen and oxygen atoms in total. The minimum atomic E-state index is -0.176. The Balaban J connectivity index is 1.37. The Morgan fingerprint density at radius 1 is 1.23 bits per heavy atom. The van der Waals surface area contributed by atoms with E-state index in [0.29, 0.717) is 35.1 Å². The van der Waals surface area contributed by atoms with Crippen LogP contribution in [-0.4, -0.2) is 31.2 Å². The second-order valence-electron chi connectivity index (χ2n) is 6.74. The first-order valence-corrected chi connectivity index (χ1v) is 11.4. The smallest absolute Gasteiger partial charge is 0.253 e. The zero-order valence-corrected chi connectivity index (χ0v) is 18.6. The number of anilines is 2. The lowest BCUT2D eigenvalue weighted by atomic mass is 10.1. The first-order valence-electron chi connectivity index (χ1n) is 9.37. The third-order valence-electron chi connectivity index (χ3n) is 4.75. The lowest BCUT2D eigenvalue weighted by molar-refractivity contribution is 0.0955. The lowest BCUT2D eigenvalue weighted by Crippen LogP contribution is -2.31. The molecule has 156 valence electrons. The van der Waals surface area contributed by atoms with Crippen LogP contribution >= 0.6 is 34.9 Å². The molecule has 0 aliphatic carbocycles. The van der Waals surface area contributed by atoms with Crippen LogP contribution in [0.15, 0.2) is 58.8 Å². The summed E-state index contributed by atoms with van der Waals surface area (Å²) >= 11 is 9.00. The number of halogens is 1. The van der Waals surface area contributed by atoms with E-state index < -0.39 is 0 Å². The van der Waals surface area contributed by atoms with Crippen molar-refractivity contribution < 1.29 is 9.90 Å². The Morgan fingerprint density at radius 3 is 2.77 bits per heavy atom. The van der Waals surface area contributed by atoms with Gasteiger partial charge >= 0.3 is 0 Å². The SMILES string of the molecule is CN1c2c(C(=O)NCCNSc3ccc(Cl)cc3)ccc(O)c2NC1c1cccs1. The van der Waals surface area contributed by atoms with Gasteiger partial charge in [0.15, 0.2) is 0 Å². The summed E-state index contributed by atoms with van der Waals surface area (Å²) in [5.41, 5.74) is 1.82. The van der Waals surface area contributed by atoms with Crippen molar-refractivity contribution in [3.63, 3.8) is 0 Å². The number of phenolic OH excluding ortho intramolecular Hbond substituents is 1. The summed E-state index contributed by atoms with van der Waals surface area (Å²) < 4.78 is 3.22. The van der Waals surface area contributed by atoms with Gasteiger partial charge in [0.05, 0.1) is 11.3 Å². The average Bonchev–Trinajstić information content (AvgIpc) is 3.38. The highest BCUT2D eigenvalue weighted by Gasteiger charge is 2.33. The Labute approximate surface area is 188 Å². The van der Waals surface area contributed by atoms with Gasteiger partial charge in [-0.25, -0.2) is 0 Å². The molecule has 30 heavy (non-hydrogen) atoms. The molecule has 0 fully saturated rings. The molecule has 9 heteroatoms. The largest absolute Gasteiger partial charge is 0.506 e. The molecule has 3 aromatic rings. The predicted molar refractivity (Wildman–Crippen MR) is 125 cm³/mol. The van der Waals surface area contributed by atoms with Gasteiger partial charge in [0.1, 0.15) is 17.6 Å². The van der Waals surface area contributed by atoms with Crippen molar-refractivity contribution in [2.24, 2.45) is 0 Å². The summed E-state index contributed by atoms with van der Waals surface area (Å²) in [4.78, 5) is 17.0. The molecule has 1 atom stereocenters. The highest BCUT2D eigenvalue weighted by Crippen LogP contribution is 2.47. The summed E-state index contributed by atoms with van der Waals surface area (Å²) in [6.07, 6.45) is -0.114. The first-order chi connectivity index (χ1) is 14.5. The van der Waals surface area contributed by atoms with Crippen LogP contribution in [-0.2, 0) is 0 Å². The first kappa shape index (κ1) is 20.9. The molecular formula is C21H21ClN4O2S2. The maximum Gasteiger partial charge on any atom is 0.253 e. The molecule has 1 unspecified atom stereocenters. The molecule has 4 N–H and O–H groups in total. The molecule has 4 rings (SSSR count). The second kappa shape index (κ2) is 9.18. The Bertz CT molecular complexity index is 1030. The molecule has 1 aliphatic rings. The molecule has 1 amide bonds. The standard InChI is InChI=1S/C21H21ClN4O2S2/c1-26-19-15(8-9-16(27)18(19)25-20(26)17-3-2-12-29-17)21(28)23-10-11-24-30-14-6-4-13(22)5-7-14/h2-9,12,20,24-25,27H,10-11H2,1H3,(H,23,28). The van der Waals surface area contributed by atoms with E-state index in [2.05, 4.69) is 15.4 Å². The minimum absolute atomic E-state index is 0.114. The van der Waals surface area contributed by atoms with Gasteiger partial charge in [-0.15, -0.1) is 11.3 Å². The highest BCUT2D eigenvalue weighted by molar-refractivity contribution is 7.97. The van der Waals surface area contributed by atoms with Gasteiger partial charge in [-0.2, -0.15) is 0 Å². The number of amides is 1. The van der Waals surface area contributed by atoms with Crippen LogP contribution in [0.4, 0.5) is 11.4 Å². The van der Waals surface area contributed by atoms with Crippen LogP contribution in [0, 0.1) is 0 Å². The van der Waals surface area contributed by atoms with E-state index in [1.807, 2.05) is 53.7 Å². The van der Waals surface area contributed by atoms with Crippen molar-refractivity contribution >= 4 is 52.2 Å². The average molecular weight is 461 g/mol. The number of rotatable bonds is 7. The van der Waals surface area contributed by atoms with Crippen LogP contribution in [0.5, 0.6) is 5.75 Å². The number of nitrogens with zero attached hydrogens (tertiary/aromatic N) is 1. The molecule has 0 spiro atoms. The number of thiophene rings is 1. The maximum absolute atomic E-state index is 12.8. The Hall–Kier alpha value is -2.39. The summed E-state index contributed by atoms with van der Waals surface area (Å²) in [5, 5.41) is 19.3. The number of aromatic hydroxyl groups is 1. The van der Waals surface area contributed by atoms with Crippen LogP contribution in [0.3, 0.4) is 0 Å². The van der Waals surface area contributed by atoms with Crippen molar-refractivity contribution in [1.82, 2.24) is 10.0 Å². The van der Waals surface area contributed by atoms with E-state index in [0.717, 1.165) is 9.77 Å². The number of carbonyl (C=O) groups excluding carboxylic acids is 1. The quantitative estimate of drug-likeness (QED) is 0.233. The highest BCUT2D eigenvalue weighted by atomic mass is 35.5. The zero-order valence-electron chi connectivity index (χ0n) is 16.2. The minimum Gasteiger partial charge on any atom is -0.506 e.